The highest BCUT2D eigenvalue weighted by Gasteiger charge is 2.08. The Bertz CT molecular complexity index is 520. The summed E-state index contributed by atoms with van der Waals surface area (Å²) in [5.41, 5.74) is 3.40. The molecule has 0 bridgehead atoms. The molecule has 0 amide bonds. The van der Waals surface area contributed by atoms with Crippen molar-refractivity contribution in [2.75, 3.05) is 13.6 Å². The normalized spacial score (nSPS) is 10.8. The molecular weight excluding hydrogens is 242 g/mol. The van der Waals surface area contributed by atoms with Gasteiger partial charge in [-0.3, -0.25) is 0 Å². The van der Waals surface area contributed by atoms with E-state index in [9.17, 15) is 0 Å². The van der Waals surface area contributed by atoms with Crippen molar-refractivity contribution in [2.24, 2.45) is 0 Å². The van der Waals surface area contributed by atoms with Crippen molar-refractivity contribution >= 4 is 11.3 Å². The number of aryl methyl sites for hydroxylation is 3. The van der Waals surface area contributed by atoms with Gasteiger partial charge in [0.15, 0.2) is 0 Å². The second-order valence-electron chi connectivity index (χ2n) is 4.45. The van der Waals surface area contributed by atoms with Gasteiger partial charge in [0.05, 0.1) is 10.6 Å². The Kier molecular flexibility index (Phi) is 4.44. The molecule has 18 heavy (non-hydrogen) atoms. The Labute approximate surface area is 112 Å². The second-order valence-corrected chi connectivity index (χ2v) is 5.37. The van der Waals surface area contributed by atoms with E-state index < -0.39 is 0 Å². The topological polar surface area (TPSA) is 37.8 Å². The van der Waals surface area contributed by atoms with E-state index in [4.69, 9.17) is 0 Å². The van der Waals surface area contributed by atoms with E-state index in [1.54, 1.807) is 11.3 Å². The molecule has 0 unspecified atom stereocenters. The van der Waals surface area contributed by atoms with Crippen molar-refractivity contribution in [3.05, 3.63) is 34.6 Å². The Morgan fingerprint density at radius 2 is 2.11 bits per heavy atom. The van der Waals surface area contributed by atoms with E-state index in [1.807, 2.05) is 14.0 Å². The number of nitrogens with zero attached hydrogens (tertiary/aromatic N) is 2. The van der Waals surface area contributed by atoms with Crippen LogP contribution in [0.3, 0.4) is 0 Å². The van der Waals surface area contributed by atoms with Crippen molar-refractivity contribution in [3.63, 3.8) is 0 Å². The van der Waals surface area contributed by atoms with Gasteiger partial charge in [0.2, 0.25) is 0 Å². The van der Waals surface area contributed by atoms with Gasteiger partial charge < -0.3 is 5.32 Å². The van der Waals surface area contributed by atoms with E-state index in [2.05, 4.69) is 39.7 Å². The maximum absolute atomic E-state index is 4.68. The fraction of sp³-hybridized carbons (Fsp3) is 0.429. The number of rotatable bonds is 5. The molecular formula is C14H19N3S. The van der Waals surface area contributed by atoms with Gasteiger partial charge in [0.25, 0.3) is 0 Å². The zero-order chi connectivity index (χ0) is 13.0. The maximum Gasteiger partial charge on any atom is 0.129 e. The van der Waals surface area contributed by atoms with Crippen LogP contribution in [0.25, 0.3) is 10.6 Å². The zero-order valence-corrected chi connectivity index (χ0v) is 12.0. The molecule has 0 aliphatic rings. The lowest BCUT2D eigenvalue weighted by Crippen LogP contribution is -2.10. The molecule has 2 rings (SSSR count). The Balaban J connectivity index is 2.24. The molecule has 0 fully saturated rings. The minimum Gasteiger partial charge on any atom is -0.320 e. The molecule has 1 N–H and O–H groups in total. The summed E-state index contributed by atoms with van der Waals surface area (Å²) < 4.78 is 0. The fourth-order valence-corrected chi connectivity index (χ4v) is 2.80. The summed E-state index contributed by atoms with van der Waals surface area (Å²) in [4.78, 5) is 10.5. The molecule has 2 heterocycles. The van der Waals surface area contributed by atoms with E-state index >= 15 is 0 Å². The highest BCUT2D eigenvalue weighted by Crippen LogP contribution is 2.27. The van der Waals surface area contributed by atoms with Crippen molar-refractivity contribution < 1.29 is 0 Å². The quantitative estimate of drug-likeness (QED) is 0.841. The van der Waals surface area contributed by atoms with E-state index in [1.165, 1.54) is 10.4 Å². The van der Waals surface area contributed by atoms with Gasteiger partial charge in [-0.05, 0) is 56.9 Å². The fourth-order valence-electron chi connectivity index (χ4n) is 1.92. The number of hydrogen-bond acceptors (Lipinski definition) is 4. The first-order valence-electron chi connectivity index (χ1n) is 6.24. The van der Waals surface area contributed by atoms with Gasteiger partial charge >= 0.3 is 0 Å². The van der Waals surface area contributed by atoms with Gasteiger partial charge in [-0.15, -0.1) is 11.3 Å². The smallest absolute Gasteiger partial charge is 0.129 e. The average molecular weight is 261 g/mol. The molecule has 3 nitrogen and oxygen atoms in total. The van der Waals surface area contributed by atoms with E-state index in [-0.39, 0.29) is 0 Å². The lowest BCUT2D eigenvalue weighted by atomic mass is 10.2. The maximum atomic E-state index is 4.68. The number of nitrogens with one attached hydrogen (secondary N) is 1. The van der Waals surface area contributed by atoms with Gasteiger partial charge in [0.1, 0.15) is 5.82 Å². The van der Waals surface area contributed by atoms with Crippen LogP contribution < -0.4 is 5.32 Å². The summed E-state index contributed by atoms with van der Waals surface area (Å²) >= 11 is 1.75. The molecule has 96 valence electrons. The Hall–Kier alpha value is -1.26. The molecule has 2 aromatic heterocycles. The highest BCUT2D eigenvalue weighted by atomic mass is 32.1. The SMILES string of the molecule is CNCCCc1nc(C)cc(-c2sccc2C)n1. The van der Waals surface area contributed by atoms with Gasteiger partial charge in [-0.25, -0.2) is 9.97 Å². The standard InChI is InChI=1S/C14H19N3S/c1-10-6-8-18-14(10)12-9-11(2)16-13(17-12)5-4-7-15-3/h6,8-9,15H,4-5,7H2,1-3H3. The number of aromatic nitrogens is 2. The van der Waals surface area contributed by atoms with Gasteiger partial charge in [-0.2, -0.15) is 0 Å². The second kappa shape index (κ2) is 6.07. The molecule has 2 aromatic rings. The first kappa shape index (κ1) is 13.2. The summed E-state index contributed by atoms with van der Waals surface area (Å²) in [6, 6.07) is 4.21. The third-order valence-corrected chi connectivity index (χ3v) is 3.86. The molecule has 0 aromatic carbocycles. The Morgan fingerprint density at radius 3 is 2.78 bits per heavy atom. The summed E-state index contributed by atoms with van der Waals surface area (Å²) in [6.07, 6.45) is 2.00. The zero-order valence-electron chi connectivity index (χ0n) is 11.2. The summed E-state index contributed by atoms with van der Waals surface area (Å²) in [5, 5.41) is 5.26. The lowest BCUT2D eigenvalue weighted by Gasteiger charge is -2.05. The molecule has 0 radical (unpaired) electrons. The summed E-state index contributed by atoms with van der Waals surface area (Å²) in [7, 11) is 1.97. The molecule has 0 atom stereocenters. The van der Waals surface area contributed by atoms with Gasteiger partial charge in [0, 0.05) is 12.1 Å². The minimum absolute atomic E-state index is 0.930. The van der Waals surface area contributed by atoms with Crippen LogP contribution in [0.5, 0.6) is 0 Å². The van der Waals surface area contributed by atoms with E-state index in [0.717, 1.165) is 36.6 Å². The van der Waals surface area contributed by atoms with E-state index in [0.29, 0.717) is 0 Å². The average Bonchev–Trinajstić information content (AvgIpc) is 2.75. The molecule has 4 heteroatoms. The first-order valence-corrected chi connectivity index (χ1v) is 7.12. The van der Waals surface area contributed by atoms with Crippen LogP contribution in [0.4, 0.5) is 0 Å². The van der Waals surface area contributed by atoms with Crippen LogP contribution in [-0.2, 0) is 6.42 Å². The number of hydrogen-bond donors (Lipinski definition) is 1. The van der Waals surface area contributed by atoms with Crippen LogP contribution in [-0.4, -0.2) is 23.6 Å². The van der Waals surface area contributed by atoms with Crippen LogP contribution in [0, 0.1) is 13.8 Å². The molecule has 0 saturated heterocycles. The van der Waals surface area contributed by atoms with Crippen molar-refractivity contribution in [2.45, 2.75) is 26.7 Å². The van der Waals surface area contributed by atoms with Crippen LogP contribution >= 0.6 is 11.3 Å². The molecule has 0 saturated carbocycles. The van der Waals surface area contributed by atoms with Crippen LogP contribution in [0.1, 0.15) is 23.5 Å². The van der Waals surface area contributed by atoms with Crippen molar-refractivity contribution in [1.29, 1.82) is 0 Å². The van der Waals surface area contributed by atoms with Crippen molar-refractivity contribution in [1.82, 2.24) is 15.3 Å². The third-order valence-electron chi connectivity index (χ3n) is 2.82. The summed E-state index contributed by atoms with van der Waals surface area (Å²) in [6.45, 7) is 5.17. The van der Waals surface area contributed by atoms with Crippen LogP contribution in [0.15, 0.2) is 17.5 Å². The molecule has 0 aliphatic heterocycles. The highest BCUT2D eigenvalue weighted by molar-refractivity contribution is 7.13. The largest absolute Gasteiger partial charge is 0.320 e. The number of thiophene rings is 1. The Morgan fingerprint density at radius 1 is 1.28 bits per heavy atom. The predicted molar refractivity (Wildman–Crippen MR) is 77.1 cm³/mol. The molecule has 0 aliphatic carbocycles. The van der Waals surface area contributed by atoms with Crippen molar-refractivity contribution in [3.8, 4) is 10.6 Å². The summed E-state index contributed by atoms with van der Waals surface area (Å²) in [5.74, 6) is 0.952. The minimum atomic E-state index is 0.930. The predicted octanol–water partition coefficient (Wildman–Crippen LogP) is 2.97. The van der Waals surface area contributed by atoms with Gasteiger partial charge in [-0.1, -0.05) is 0 Å². The monoisotopic (exact) mass is 261 g/mol. The lowest BCUT2D eigenvalue weighted by molar-refractivity contribution is 0.701. The molecule has 0 spiro atoms. The first-order chi connectivity index (χ1) is 8.70. The third kappa shape index (κ3) is 3.15. The van der Waals surface area contributed by atoms with Crippen LogP contribution in [0.2, 0.25) is 0 Å².